The lowest BCUT2D eigenvalue weighted by atomic mass is 10.1. The molecule has 0 radical (unpaired) electrons. The minimum Gasteiger partial charge on any atom is -0.454 e. The van der Waals surface area contributed by atoms with E-state index in [4.69, 9.17) is 21.0 Å². The lowest BCUT2D eigenvalue weighted by molar-refractivity contribution is 0.229. The largest absolute Gasteiger partial charge is 0.454 e. The van der Waals surface area contributed by atoms with Crippen molar-refractivity contribution < 1.29 is 9.52 Å². The molecule has 7 nitrogen and oxygen atoms in total. The van der Waals surface area contributed by atoms with E-state index in [0.29, 0.717) is 39.7 Å². The van der Waals surface area contributed by atoms with E-state index in [1.54, 1.807) is 6.20 Å². The third-order valence-electron chi connectivity index (χ3n) is 5.49. The molecule has 0 aliphatic heterocycles. The number of nitrogens with zero attached hydrogens (tertiary/aromatic N) is 3. The number of aliphatic hydroxyl groups is 1. The van der Waals surface area contributed by atoms with Crippen LogP contribution in [-0.2, 0) is 6.42 Å². The van der Waals surface area contributed by atoms with Crippen molar-refractivity contribution in [2.75, 3.05) is 17.2 Å². The fourth-order valence-corrected chi connectivity index (χ4v) is 4.21. The van der Waals surface area contributed by atoms with E-state index < -0.39 is 0 Å². The summed E-state index contributed by atoms with van der Waals surface area (Å²) in [6.45, 7) is 6.34. The number of aromatic nitrogens is 3. The van der Waals surface area contributed by atoms with Crippen LogP contribution in [0.3, 0.4) is 0 Å². The Bertz CT molecular complexity index is 1040. The van der Waals surface area contributed by atoms with Crippen molar-refractivity contribution in [2.24, 2.45) is 5.92 Å². The number of furan rings is 1. The molecular weight excluding hydrogens is 402 g/mol. The SMILES string of the molecule is CCc1cc2cc(-c3c(Cl)nc(NC(C)C)nc3NC3CCC(CO)C3)oc2cn1. The van der Waals surface area contributed by atoms with E-state index in [0.717, 1.165) is 36.8 Å². The fraction of sp³-hybridized carbons (Fsp3) is 0.500. The second-order valence-electron chi connectivity index (χ2n) is 8.24. The van der Waals surface area contributed by atoms with E-state index in [-0.39, 0.29) is 18.7 Å². The minimum atomic E-state index is 0.176. The van der Waals surface area contributed by atoms with Crippen molar-refractivity contribution in [3.8, 4) is 11.3 Å². The number of hydrogen-bond donors (Lipinski definition) is 3. The predicted octanol–water partition coefficient (Wildman–Crippen LogP) is 4.89. The lowest BCUT2D eigenvalue weighted by Crippen LogP contribution is -2.20. The van der Waals surface area contributed by atoms with Crippen molar-refractivity contribution in [2.45, 2.75) is 58.5 Å². The molecule has 0 bridgehead atoms. The van der Waals surface area contributed by atoms with Gasteiger partial charge in [-0.2, -0.15) is 4.98 Å². The van der Waals surface area contributed by atoms with Crippen molar-refractivity contribution in [3.05, 3.63) is 29.2 Å². The smallest absolute Gasteiger partial charge is 0.226 e. The van der Waals surface area contributed by atoms with Crippen LogP contribution in [0.2, 0.25) is 5.15 Å². The standard InChI is InChI=1S/C22H28ClN5O2/c1-4-15-8-14-9-17(30-18(14)10-24-15)19-20(23)27-22(25-12(2)3)28-21(19)26-16-6-5-13(7-16)11-29/h8-10,12-13,16,29H,4-7,11H2,1-3H3,(H2,25,26,27,28). The van der Waals surface area contributed by atoms with Gasteiger partial charge in [0, 0.05) is 29.8 Å². The predicted molar refractivity (Wildman–Crippen MR) is 120 cm³/mol. The molecule has 30 heavy (non-hydrogen) atoms. The molecule has 0 aromatic carbocycles. The third kappa shape index (κ3) is 4.37. The van der Waals surface area contributed by atoms with E-state index >= 15 is 0 Å². The monoisotopic (exact) mass is 429 g/mol. The average Bonchev–Trinajstić information content (AvgIpc) is 3.32. The molecular formula is C22H28ClN5O2. The topological polar surface area (TPSA) is 96.1 Å². The van der Waals surface area contributed by atoms with Gasteiger partial charge in [-0.05, 0) is 57.6 Å². The summed E-state index contributed by atoms with van der Waals surface area (Å²) in [7, 11) is 0. The van der Waals surface area contributed by atoms with E-state index in [1.165, 1.54) is 0 Å². The molecule has 8 heteroatoms. The van der Waals surface area contributed by atoms with E-state index in [2.05, 4.69) is 27.5 Å². The van der Waals surface area contributed by atoms with Crippen LogP contribution >= 0.6 is 11.6 Å². The first-order valence-corrected chi connectivity index (χ1v) is 10.9. The Morgan fingerprint density at radius 2 is 2.10 bits per heavy atom. The van der Waals surface area contributed by atoms with Crippen LogP contribution < -0.4 is 10.6 Å². The van der Waals surface area contributed by atoms with Gasteiger partial charge in [0.15, 0.2) is 5.58 Å². The van der Waals surface area contributed by atoms with Gasteiger partial charge in [0.2, 0.25) is 5.95 Å². The van der Waals surface area contributed by atoms with E-state index in [1.807, 2.05) is 26.0 Å². The molecule has 160 valence electrons. The van der Waals surface area contributed by atoms with Crippen molar-refractivity contribution in [1.82, 2.24) is 15.0 Å². The minimum absolute atomic E-state index is 0.176. The zero-order chi connectivity index (χ0) is 21.3. The average molecular weight is 430 g/mol. The first-order valence-electron chi connectivity index (χ1n) is 10.6. The van der Waals surface area contributed by atoms with Crippen LogP contribution in [0.5, 0.6) is 0 Å². The maximum Gasteiger partial charge on any atom is 0.226 e. The molecule has 3 aromatic rings. The molecule has 0 saturated heterocycles. The summed E-state index contributed by atoms with van der Waals surface area (Å²) < 4.78 is 6.08. The molecule has 0 amide bonds. The van der Waals surface area contributed by atoms with Crippen LogP contribution in [0.1, 0.15) is 45.7 Å². The van der Waals surface area contributed by atoms with Gasteiger partial charge in [-0.15, -0.1) is 0 Å². The molecule has 4 rings (SSSR count). The molecule has 3 N–H and O–H groups in total. The molecule has 1 aliphatic carbocycles. The van der Waals surface area contributed by atoms with Crippen LogP contribution in [0.25, 0.3) is 22.3 Å². The van der Waals surface area contributed by atoms with Gasteiger partial charge in [0.05, 0.1) is 11.8 Å². The molecule has 3 aromatic heterocycles. The lowest BCUT2D eigenvalue weighted by Gasteiger charge is -2.18. The number of aliphatic hydroxyl groups excluding tert-OH is 1. The van der Waals surface area contributed by atoms with Crippen molar-refractivity contribution >= 4 is 34.3 Å². The van der Waals surface area contributed by atoms with Crippen molar-refractivity contribution in [1.29, 1.82) is 0 Å². The van der Waals surface area contributed by atoms with Gasteiger partial charge in [0.25, 0.3) is 0 Å². The highest BCUT2D eigenvalue weighted by atomic mass is 35.5. The zero-order valence-corrected chi connectivity index (χ0v) is 18.3. The highest BCUT2D eigenvalue weighted by molar-refractivity contribution is 6.32. The molecule has 2 unspecified atom stereocenters. The summed E-state index contributed by atoms with van der Waals surface area (Å²) in [6, 6.07) is 4.39. The molecule has 1 aliphatic rings. The summed E-state index contributed by atoms with van der Waals surface area (Å²) in [6.07, 6.45) is 5.47. The summed E-state index contributed by atoms with van der Waals surface area (Å²) in [5.74, 6) is 2.05. The highest BCUT2D eigenvalue weighted by Gasteiger charge is 2.27. The van der Waals surface area contributed by atoms with Gasteiger partial charge in [-0.25, -0.2) is 4.98 Å². The second kappa shape index (κ2) is 8.78. The maximum absolute atomic E-state index is 9.49. The quantitative estimate of drug-likeness (QED) is 0.460. The van der Waals surface area contributed by atoms with E-state index in [9.17, 15) is 5.11 Å². The van der Waals surface area contributed by atoms with Gasteiger partial charge in [-0.1, -0.05) is 18.5 Å². The summed E-state index contributed by atoms with van der Waals surface area (Å²) in [5.41, 5.74) is 2.36. The number of anilines is 2. The zero-order valence-electron chi connectivity index (χ0n) is 17.6. The van der Waals surface area contributed by atoms with Crippen molar-refractivity contribution in [3.63, 3.8) is 0 Å². The Labute approximate surface area is 181 Å². The number of halogens is 1. The van der Waals surface area contributed by atoms with Gasteiger partial charge in [-0.3, -0.25) is 4.98 Å². The normalized spacial score (nSPS) is 19.0. The van der Waals surface area contributed by atoms with Gasteiger partial charge < -0.3 is 20.2 Å². The van der Waals surface area contributed by atoms with Crippen LogP contribution in [0.4, 0.5) is 11.8 Å². The summed E-state index contributed by atoms with van der Waals surface area (Å²) in [4.78, 5) is 13.6. The number of nitrogens with one attached hydrogen (secondary N) is 2. The van der Waals surface area contributed by atoms with Crippen LogP contribution in [0, 0.1) is 5.92 Å². The summed E-state index contributed by atoms with van der Waals surface area (Å²) in [5, 5.41) is 17.5. The molecule has 0 spiro atoms. The fourth-order valence-electron chi connectivity index (χ4n) is 3.95. The molecule has 3 heterocycles. The number of pyridine rings is 1. The van der Waals surface area contributed by atoms with Crippen LogP contribution in [0.15, 0.2) is 22.7 Å². The Morgan fingerprint density at radius 3 is 2.80 bits per heavy atom. The first kappa shape index (κ1) is 20.9. The second-order valence-corrected chi connectivity index (χ2v) is 8.60. The van der Waals surface area contributed by atoms with Crippen LogP contribution in [-0.4, -0.2) is 38.7 Å². The Balaban J connectivity index is 1.75. The number of hydrogen-bond acceptors (Lipinski definition) is 7. The Kier molecular flexibility index (Phi) is 6.11. The molecule has 1 saturated carbocycles. The maximum atomic E-state index is 9.49. The van der Waals surface area contributed by atoms with Gasteiger partial charge >= 0.3 is 0 Å². The number of fused-ring (bicyclic) bond motifs is 1. The number of rotatable bonds is 7. The summed E-state index contributed by atoms with van der Waals surface area (Å²) >= 11 is 6.63. The Morgan fingerprint density at radius 1 is 1.27 bits per heavy atom. The first-order chi connectivity index (χ1) is 14.5. The van der Waals surface area contributed by atoms with Gasteiger partial charge in [0.1, 0.15) is 16.7 Å². The molecule has 2 atom stereocenters. The molecule has 1 fully saturated rings. The highest BCUT2D eigenvalue weighted by Crippen LogP contribution is 2.38. The third-order valence-corrected chi connectivity index (χ3v) is 5.77. The number of aryl methyl sites for hydroxylation is 1. The Hall–Kier alpha value is -2.38.